The van der Waals surface area contributed by atoms with Crippen LogP contribution in [0.4, 0.5) is 5.95 Å². The standard InChI is InChI=1S/C13H20N4O2/c1-18-9-10-19-8-3-2-7-17-12-11(16-13(17)14)5-4-6-15-12/h4-6H,2-3,7-10H2,1H3,(H2,14,16). The summed E-state index contributed by atoms with van der Waals surface area (Å²) in [7, 11) is 1.67. The van der Waals surface area contributed by atoms with E-state index in [0.717, 1.165) is 37.2 Å². The number of rotatable bonds is 8. The average Bonchev–Trinajstić information content (AvgIpc) is 2.74. The Hall–Kier alpha value is -1.66. The number of pyridine rings is 1. The number of hydrogen-bond donors (Lipinski definition) is 1. The first-order chi connectivity index (χ1) is 9.33. The summed E-state index contributed by atoms with van der Waals surface area (Å²) in [5.41, 5.74) is 7.59. The lowest BCUT2D eigenvalue weighted by Crippen LogP contribution is -2.06. The molecular formula is C13H20N4O2. The molecule has 19 heavy (non-hydrogen) atoms. The maximum absolute atomic E-state index is 5.90. The van der Waals surface area contributed by atoms with Gasteiger partial charge in [0.1, 0.15) is 5.52 Å². The summed E-state index contributed by atoms with van der Waals surface area (Å²) in [5, 5.41) is 0. The summed E-state index contributed by atoms with van der Waals surface area (Å²) >= 11 is 0. The van der Waals surface area contributed by atoms with Crippen LogP contribution in [-0.2, 0) is 16.0 Å². The van der Waals surface area contributed by atoms with Crippen LogP contribution in [0.2, 0.25) is 0 Å². The summed E-state index contributed by atoms with van der Waals surface area (Å²) < 4.78 is 12.3. The minimum absolute atomic E-state index is 0.522. The van der Waals surface area contributed by atoms with Crippen LogP contribution in [0.15, 0.2) is 18.3 Å². The first kappa shape index (κ1) is 13.8. The molecule has 104 valence electrons. The summed E-state index contributed by atoms with van der Waals surface area (Å²) in [6.07, 6.45) is 3.72. The molecular weight excluding hydrogens is 244 g/mol. The van der Waals surface area contributed by atoms with E-state index in [1.807, 2.05) is 16.7 Å². The number of unbranched alkanes of at least 4 members (excludes halogenated alkanes) is 1. The average molecular weight is 264 g/mol. The van der Waals surface area contributed by atoms with Crippen molar-refractivity contribution in [1.82, 2.24) is 14.5 Å². The number of methoxy groups -OCH3 is 1. The van der Waals surface area contributed by atoms with Gasteiger partial charge < -0.3 is 15.2 Å². The van der Waals surface area contributed by atoms with Gasteiger partial charge in [0.25, 0.3) is 0 Å². The summed E-state index contributed by atoms with van der Waals surface area (Å²) in [5.74, 6) is 0.522. The topological polar surface area (TPSA) is 75.2 Å². The maximum Gasteiger partial charge on any atom is 0.202 e. The van der Waals surface area contributed by atoms with Crippen LogP contribution in [0.1, 0.15) is 12.8 Å². The number of imidazole rings is 1. The number of aromatic nitrogens is 3. The molecule has 0 aliphatic rings. The minimum atomic E-state index is 0.522. The molecule has 0 radical (unpaired) electrons. The van der Waals surface area contributed by atoms with E-state index in [4.69, 9.17) is 15.2 Å². The number of nitrogen functional groups attached to an aromatic ring is 1. The molecule has 2 heterocycles. The fourth-order valence-corrected chi connectivity index (χ4v) is 1.91. The Kier molecular flexibility index (Phi) is 5.11. The third-order valence-electron chi connectivity index (χ3n) is 2.89. The molecule has 6 nitrogen and oxygen atoms in total. The summed E-state index contributed by atoms with van der Waals surface area (Å²) in [6.45, 7) is 2.84. The predicted octanol–water partition coefficient (Wildman–Crippen LogP) is 1.46. The van der Waals surface area contributed by atoms with Crippen molar-refractivity contribution >= 4 is 17.1 Å². The zero-order chi connectivity index (χ0) is 13.5. The third kappa shape index (κ3) is 3.65. The van der Waals surface area contributed by atoms with E-state index in [9.17, 15) is 0 Å². The van der Waals surface area contributed by atoms with E-state index >= 15 is 0 Å². The molecule has 2 N–H and O–H groups in total. The van der Waals surface area contributed by atoms with Crippen LogP contribution in [0.3, 0.4) is 0 Å². The molecule has 0 atom stereocenters. The molecule has 0 aromatic carbocycles. The largest absolute Gasteiger partial charge is 0.382 e. The van der Waals surface area contributed by atoms with Gasteiger partial charge in [0.05, 0.1) is 13.2 Å². The Morgan fingerprint density at radius 1 is 1.26 bits per heavy atom. The van der Waals surface area contributed by atoms with Crippen LogP contribution in [-0.4, -0.2) is 41.5 Å². The zero-order valence-electron chi connectivity index (χ0n) is 11.2. The Morgan fingerprint density at radius 3 is 3.00 bits per heavy atom. The van der Waals surface area contributed by atoms with Crippen molar-refractivity contribution in [1.29, 1.82) is 0 Å². The van der Waals surface area contributed by atoms with Crippen molar-refractivity contribution in [2.75, 3.05) is 32.7 Å². The second kappa shape index (κ2) is 7.06. The molecule has 0 saturated carbocycles. The van der Waals surface area contributed by atoms with Crippen molar-refractivity contribution in [3.63, 3.8) is 0 Å². The lowest BCUT2D eigenvalue weighted by atomic mass is 10.3. The summed E-state index contributed by atoms with van der Waals surface area (Å²) in [6, 6.07) is 3.78. The number of nitrogens with zero attached hydrogens (tertiary/aromatic N) is 3. The van der Waals surface area contributed by atoms with Gasteiger partial charge in [0.15, 0.2) is 5.65 Å². The van der Waals surface area contributed by atoms with E-state index in [1.165, 1.54) is 0 Å². The maximum atomic E-state index is 5.90. The number of hydrogen-bond acceptors (Lipinski definition) is 5. The van der Waals surface area contributed by atoms with Crippen molar-refractivity contribution < 1.29 is 9.47 Å². The van der Waals surface area contributed by atoms with Crippen LogP contribution in [0.25, 0.3) is 11.2 Å². The number of anilines is 1. The van der Waals surface area contributed by atoms with E-state index in [0.29, 0.717) is 19.2 Å². The highest BCUT2D eigenvalue weighted by Crippen LogP contribution is 2.15. The first-order valence-corrected chi connectivity index (χ1v) is 6.46. The Labute approximate surface area is 112 Å². The van der Waals surface area contributed by atoms with Crippen molar-refractivity contribution in [2.45, 2.75) is 19.4 Å². The van der Waals surface area contributed by atoms with Gasteiger partial charge in [0, 0.05) is 26.5 Å². The molecule has 0 spiro atoms. The Morgan fingerprint density at radius 2 is 2.16 bits per heavy atom. The molecule has 0 fully saturated rings. The van der Waals surface area contributed by atoms with Gasteiger partial charge in [-0.05, 0) is 25.0 Å². The number of aryl methyl sites for hydroxylation is 1. The molecule has 0 amide bonds. The number of nitrogens with two attached hydrogens (primary N) is 1. The second-order valence-corrected chi connectivity index (χ2v) is 4.28. The highest BCUT2D eigenvalue weighted by molar-refractivity contribution is 5.73. The molecule has 0 unspecified atom stereocenters. The third-order valence-corrected chi connectivity index (χ3v) is 2.89. The monoisotopic (exact) mass is 264 g/mol. The van der Waals surface area contributed by atoms with Gasteiger partial charge in [-0.25, -0.2) is 9.97 Å². The van der Waals surface area contributed by atoms with Gasteiger partial charge in [-0.3, -0.25) is 4.57 Å². The van der Waals surface area contributed by atoms with E-state index < -0.39 is 0 Å². The Bertz CT molecular complexity index is 512. The minimum Gasteiger partial charge on any atom is -0.382 e. The SMILES string of the molecule is COCCOCCCCn1c(N)nc2cccnc21. The smallest absolute Gasteiger partial charge is 0.202 e. The number of fused-ring (bicyclic) bond motifs is 1. The molecule has 0 saturated heterocycles. The van der Waals surface area contributed by atoms with Gasteiger partial charge in [-0.15, -0.1) is 0 Å². The Balaban J connectivity index is 1.80. The van der Waals surface area contributed by atoms with Crippen LogP contribution in [0, 0.1) is 0 Å². The molecule has 6 heteroatoms. The molecule has 2 aromatic rings. The van der Waals surface area contributed by atoms with E-state index in [2.05, 4.69) is 9.97 Å². The quantitative estimate of drug-likeness (QED) is 0.730. The van der Waals surface area contributed by atoms with Gasteiger partial charge in [-0.1, -0.05) is 0 Å². The fraction of sp³-hybridized carbons (Fsp3) is 0.538. The molecule has 2 rings (SSSR count). The zero-order valence-corrected chi connectivity index (χ0v) is 11.2. The van der Waals surface area contributed by atoms with Crippen LogP contribution in [0.5, 0.6) is 0 Å². The molecule has 0 bridgehead atoms. The first-order valence-electron chi connectivity index (χ1n) is 6.46. The van der Waals surface area contributed by atoms with Gasteiger partial charge >= 0.3 is 0 Å². The predicted molar refractivity (Wildman–Crippen MR) is 73.9 cm³/mol. The van der Waals surface area contributed by atoms with Gasteiger partial charge in [-0.2, -0.15) is 0 Å². The fourth-order valence-electron chi connectivity index (χ4n) is 1.91. The van der Waals surface area contributed by atoms with Gasteiger partial charge in [0.2, 0.25) is 5.95 Å². The summed E-state index contributed by atoms with van der Waals surface area (Å²) in [4.78, 5) is 8.60. The van der Waals surface area contributed by atoms with Crippen LogP contribution < -0.4 is 5.73 Å². The highest BCUT2D eigenvalue weighted by atomic mass is 16.5. The van der Waals surface area contributed by atoms with Crippen molar-refractivity contribution in [2.24, 2.45) is 0 Å². The lowest BCUT2D eigenvalue weighted by Gasteiger charge is -2.06. The van der Waals surface area contributed by atoms with E-state index in [1.54, 1.807) is 13.3 Å². The normalized spacial score (nSPS) is 11.2. The number of ether oxygens (including phenoxy) is 2. The van der Waals surface area contributed by atoms with Crippen molar-refractivity contribution in [3.05, 3.63) is 18.3 Å². The van der Waals surface area contributed by atoms with E-state index in [-0.39, 0.29) is 0 Å². The highest BCUT2D eigenvalue weighted by Gasteiger charge is 2.07. The second-order valence-electron chi connectivity index (χ2n) is 4.28. The molecule has 0 aliphatic carbocycles. The van der Waals surface area contributed by atoms with Crippen molar-refractivity contribution in [3.8, 4) is 0 Å². The molecule has 0 aliphatic heterocycles. The van der Waals surface area contributed by atoms with Crippen LogP contribution >= 0.6 is 0 Å². The lowest BCUT2D eigenvalue weighted by molar-refractivity contribution is 0.0684. The molecule has 2 aromatic heterocycles.